The number of furan rings is 1. The van der Waals surface area contributed by atoms with Gasteiger partial charge in [0.15, 0.2) is 0 Å². The van der Waals surface area contributed by atoms with Gasteiger partial charge >= 0.3 is 0 Å². The summed E-state index contributed by atoms with van der Waals surface area (Å²) in [7, 11) is 0. The summed E-state index contributed by atoms with van der Waals surface area (Å²) >= 11 is 0. The number of aromatic amines is 1. The van der Waals surface area contributed by atoms with Gasteiger partial charge < -0.3 is 22.9 Å². The summed E-state index contributed by atoms with van der Waals surface area (Å²) in [5.74, 6) is 1.71. The number of imidazole rings is 3. The Bertz CT molecular complexity index is 4960. The van der Waals surface area contributed by atoms with Crippen molar-refractivity contribution in [2.75, 3.05) is 0 Å². The van der Waals surface area contributed by atoms with Crippen molar-refractivity contribution < 1.29 is 30.0 Å². The molecule has 1 N–H and O–H groups in total. The molecule has 0 radical (unpaired) electrons. The molecule has 16 rings (SSSR count). The number of pyridine rings is 1. The van der Waals surface area contributed by atoms with Gasteiger partial charge in [0, 0.05) is 60.2 Å². The Balaban J connectivity index is 0.000000140. The Kier molecular flexibility index (Phi) is 10.4. The number of benzene rings is 9. The fraction of sp³-hybridized carbons (Fsp3) is 0.0758. The molecular formula is C66H46N8OPt-2. The van der Waals surface area contributed by atoms with Crippen LogP contribution in [0, 0.1) is 25.4 Å². The van der Waals surface area contributed by atoms with Crippen LogP contribution in [0.2, 0.25) is 0 Å². The number of aryl methyl sites for hydroxylation is 1. The third kappa shape index (κ3) is 6.92. The van der Waals surface area contributed by atoms with Crippen LogP contribution in [-0.4, -0.2) is 33.1 Å². The van der Waals surface area contributed by atoms with Gasteiger partial charge in [-0.3, -0.25) is 9.13 Å². The van der Waals surface area contributed by atoms with Crippen molar-refractivity contribution in [3.8, 4) is 22.9 Å². The molecule has 0 aliphatic carbocycles. The summed E-state index contributed by atoms with van der Waals surface area (Å²) in [5.41, 5.74) is 17.9. The first-order valence-corrected chi connectivity index (χ1v) is 25.3. The summed E-state index contributed by atoms with van der Waals surface area (Å²) in [6.07, 6.45) is 5.60. The zero-order valence-corrected chi connectivity index (χ0v) is 44.2. The standard InChI is InChI=1S/C37H22N3O.C29H24N5.Pt/c1-2-11-25(12-3-1)40-31-16-6-4-13-27(31)29-15-10-19-34(37(29)40)39-24-38(32-17-7-8-18-33(32)39)26-21-22-36-30(23-26)28-14-5-9-20-35(28)41-36;1-17-8-7-11-23-27(17)32-28-33(23)24-15-20-19-9-5-6-10-21(19)31-22(20)16-25(24)34(28)26-14-18(12-13-30-26)29(2,3)4;/h1-20,22-23H;5-15,31H,1-4H3;/q2*-1;. The van der Waals surface area contributed by atoms with Crippen molar-refractivity contribution >= 4 is 104 Å². The number of hydrogen-bond acceptors (Lipinski definition) is 3. The van der Waals surface area contributed by atoms with Gasteiger partial charge in [0.05, 0.1) is 38.8 Å². The van der Waals surface area contributed by atoms with Crippen LogP contribution in [0.1, 0.15) is 31.9 Å². The van der Waals surface area contributed by atoms with Crippen LogP contribution >= 0.6 is 0 Å². The first kappa shape index (κ1) is 45.6. The minimum absolute atomic E-state index is 0. The van der Waals surface area contributed by atoms with E-state index in [9.17, 15) is 0 Å². The molecule has 9 aromatic carbocycles. The molecule has 10 heteroatoms. The molecule has 0 fully saturated rings. The number of fused-ring (bicyclic) bond motifs is 15. The maximum absolute atomic E-state index is 6.08. The van der Waals surface area contributed by atoms with Gasteiger partial charge in [0.1, 0.15) is 11.4 Å². The monoisotopic (exact) mass is 1160 g/mol. The quantitative estimate of drug-likeness (QED) is 0.141. The Labute approximate surface area is 450 Å². The Morgan fingerprint density at radius 2 is 1.33 bits per heavy atom. The average Bonchev–Trinajstić information content (AvgIpc) is 4.33. The molecule has 0 amide bonds. The molecule has 0 aliphatic heterocycles. The molecule has 0 saturated heterocycles. The number of nitrogens with one attached hydrogen (secondary N) is 1. The minimum Gasteiger partial charge on any atom is -0.516 e. The first-order valence-electron chi connectivity index (χ1n) is 25.3. The maximum atomic E-state index is 6.08. The predicted octanol–water partition coefficient (Wildman–Crippen LogP) is 15.4. The van der Waals surface area contributed by atoms with Crippen LogP contribution in [0.25, 0.3) is 127 Å². The van der Waals surface area contributed by atoms with Crippen molar-refractivity contribution in [2.24, 2.45) is 0 Å². The largest absolute Gasteiger partial charge is 0.516 e. The minimum atomic E-state index is 0. The summed E-state index contributed by atoms with van der Waals surface area (Å²) < 4.78 is 17.1. The van der Waals surface area contributed by atoms with E-state index in [1.165, 1.54) is 27.2 Å². The molecule has 9 nitrogen and oxygen atoms in total. The van der Waals surface area contributed by atoms with Crippen LogP contribution in [0.3, 0.4) is 0 Å². The van der Waals surface area contributed by atoms with E-state index in [-0.39, 0.29) is 26.5 Å². The van der Waals surface area contributed by atoms with Crippen molar-refractivity contribution in [3.05, 3.63) is 230 Å². The Hall–Kier alpha value is -9.04. The zero-order valence-electron chi connectivity index (χ0n) is 41.9. The second-order valence-electron chi connectivity index (χ2n) is 20.5. The molecule has 0 spiro atoms. The van der Waals surface area contributed by atoms with E-state index in [1.54, 1.807) is 0 Å². The van der Waals surface area contributed by atoms with E-state index in [0.29, 0.717) is 0 Å². The molecule has 0 unspecified atom stereocenters. The van der Waals surface area contributed by atoms with E-state index in [2.05, 4.69) is 244 Å². The summed E-state index contributed by atoms with van der Waals surface area (Å²) in [5, 5.41) is 6.95. The fourth-order valence-electron chi connectivity index (χ4n) is 11.3. The van der Waals surface area contributed by atoms with Gasteiger partial charge in [-0.25, -0.2) is 9.97 Å². The summed E-state index contributed by atoms with van der Waals surface area (Å²) in [6, 6.07) is 74.9. The Morgan fingerprint density at radius 1 is 0.605 bits per heavy atom. The van der Waals surface area contributed by atoms with E-state index in [0.717, 1.165) is 111 Å². The number of aromatic nitrogens is 8. The normalized spacial score (nSPS) is 12.1. The number of rotatable bonds is 4. The van der Waals surface area contributed by atoms with Crippen molar-refractivity contribution in [3.63, 3.8) is 0 Å². The molecule has 7 heterocycles. The van der Waals surface area contributed by atoms with Gasteiger partial charge in [-0.2, -0.15) is 6.07 Å². The van der Waals surface area contributed by atoms with E-state index in [1.807, 2.05) is 30.5 Å². The molecule has 0 aliphatic rings. The van der Waals surface area contributed by atoms with Crippen molar-refractivity contribution in [1.29, 1.82) is 0 Å². The number of para-hydroxylation sites is 8. The molecule has 0 saturated carbocycles. The van der Waals surface area contributed by atoms with Crippen LogP contribution in [0.15, 0.2) is 205 Å². The zero-order chi connectivity index (χ0) is 50.1. The fourth-order valence-corrected chi connectivity index (χ4v) is 11.3. The topological polar surface area (TPSA) is 77.8 Å². The molecule has 16 aromatic rings. The predicted molar refractivity (Wildman–Crippen MR) is 303 cm³/mol. The van der Waals surface area contributed by atoms with E-state index < -0.39 is 0 Å². The number of H-pyrrole nitrogens is 1. The smallest absolute Gasteiger partial charge is 0.268 e. The number of nitrogens with zero attached hydrogens (tertiary/aromatic N) is 7. The van der Waals surface area contributed by atoms with Crippen molar-refractivity contribution in [2.45, 2.75) is 33.1 Å². The van der Waals surface area contributed by atoms with Gasteiger partial charge in [-0.1, -0.05) is 153 Å². The second-order valence-corrected chi connectivity index (χ2v) is 20.5. The molecule has 368 valence electrons. The molecule has 76 heavy (non-hydrogen) atoms. The molecular weight excluding hydrogens is 1120 g/mol. The SMILES string of the molecule is Cc1cccc2c1nc1n(-c3cc(C(C)(C)C)ccn3)c3[c-]c4[nH]c5ccccc5c4cc3n21.[Pt].[c-]1cc2oc3ccccc3c2cc1-n1[c-][n+](-c2cccc3c4ccccc4n(-c4ccccc4)c23)c2ccccc21. The molecule has 7 aromatic heterocycles. The van der Waals surface area contributed by atoms with Gasteiger partial charge in [0.25, 0.3) is 6.33 Å². The van der Waals surface area contributed by atoms with Crippen LogP contribution in [0.4, 0.5) is 0 Å². The van der Waals surface area contributed by atoms with Crippen LogP contribution in [-0.2, 0) is 26.5 Å². The Morgan fingerprint density at radius 3 is 2.18 bits per heavy atom. The number of hydrogen-bond donors (Lipinski definition) is 1. The summed E-state index contributed by atoms with van der Waals surface area (Å²) in [6.45, 7) is 8.79. The maximum Gasteiger partial charge on any atom is 0.268 e. The van der Waals surface area contributed by atoms with E-state index >= 15 is 0 Å². The first-order chi connectivity index (χ1) is 36.7. The van der Waals surface area contributed by atoms with E-state index in [4.69, 9.17) is 14.4 Å². The van der Waals surface area contributed by atoms with Crippen LogP contribution in [0.5, 0.6) is 0 Å². The van der Waals surface area contributed by atoms with Gasteiger partial charge in [-0.15, -0.1) is 29.7 Å². The molecule has 0 atom stereocenters. The van der Waals surface area contributed by atoms with Gasteiger partial charge in [-0.05, 0) is 100 Å². The summed E-state index contributed by atoms with van der Waals surface area (Å²) in [4.78, 5) is 13.5. The van der Waals surface area contributed by atoms with Gasteiger partial charge in [0.2, 0.25) is 5.78 Å². The third-order valence-electron chi connectivity index (χ3n) is 14.9. The molecule has 0 bridgehead atoms. The second kappa shape index (κ2) is 17.3. The van der Waals surface area contributed by atoms with Crippen LogP contribution < -0.4 is 4.57 Å². The average molecular weight is 1160 g/mol. The third-order valence-corrected chi connectivity index (χ3v) is 14.9. The van der Waals surface area contributed by atoms with Crippen molar-refractivity contribution in [1.82, 2.24) is 33.1 Å².